The lowest BCUT2D eigenvalue weighted by Gasteiger charge is -2.14. The average Bonchev–Trinajstić information content (AvgIpc) is 2.68. The van der Waals surface area contributed by atoms with Crippen molar-refractivity contribution in [2.24, 2.45) is 12.8 Å². The monoisotopic (exact) mass is 234 g/mol. The summed E-state index contributed by atoms with van der Waals surface area (Å²) in [5, 5.41) is 3.98. The van der Waals surface area contributed by atoms with E-state index in [1.165, 1.54) is 18.5 Å². The maximum atomic E-state index is 13.2. The molecule has 0 fully saturated rings. The van der Waals surface area contributed by atoms with Crippen molar-refractivity contribution in [3.8, 4) is 0 Å². The normalized spacial score (nSPS) is 12.7. The molecular weight excluding hydrogens is 219 g/mol. The molecule has 4 nitrogen and oxygen atoms in total. The lowest BCUT2D eigenvalue weighted by Crippen LogP contribution is -2.17. The molecule has 2 rings (SSSR count). The van der Waals surface area contributed by atoms with Gasteiger partial charge in [0, 0.05) is 19.5 Å². The van der Waals surface area contributed by atoms with Gasteiger partial charge in [0.1, 0.15) is 18.0 Å². The zero-order valence-corrected chi connectivity index (χ0v) is 9.89. The zero-order valence-electron chi connectivity index (χ0n) is 9.89. The third kappa shape index (κ3) is 2.50. The molecule has 0 aliphatic rings. The first kappa shape index (κ1) is 11.7. The van der Waals surface area contributed by atoms with Crippen LogP contribution in [0.3, 0.4) is 0 Å². The van der Waals surface area contributed by atoms with Crippen LogP contribution < -0.4 is 5.73 Å². The van der Waals surface area contributed by atoms with E-state index in [1.807, 2.05) is 14.0 Å². The molecule has 0 bridgehead atoms. The van der Waals surface area contributed by atoms with Crippen LogP contribution in [0.1, 0.15) is 23.0 Å². The molecule has 17 heavy (non-hydrogen) atoms. The first-order valence-corrected chi connectivity index (χ1v) is 5.42. The van der Waals surface area contributed by atoms with Gasteiger partial charge in [-0.1, -0.05) is 6.07 Å². The Labute approximate surface area is 99.3 Å². The van der Waals surface area contributed by atoms with Crippen molar-refractivity contribution in [3.63, 3.8) is 0 Å². The molecule has 5 heteroatoms. The predicted molar refractivity (Wildman–Crippen MR) is 62.8 cm³/mol. The van der Waals surface area contributed by atoms with E-state index in [0.29, 0.717) is 6.42 Å². The van der Waals surface area contributed by atoms with Gasteiger partial charge in [-0.3, -0.25) is 4.68 Å². The standard InChI is InChI=1S/C12H15FN4/c1-8-3-4-9(13)5-10(8)11(14)6-12-15-7-16-17(12)2/h3-5,7,11H,6,14H2,1-2H3. The fraction of sp³-hybridized carbons (Fsp3) is 0.333. The molecule has 2 N–H and O–H groups in total. The number of nitrogens with zero attached hydrogens (tertiary/aromatic N) is 3. The van der Waals surface area contributed by atoms with Gasteiger partial charge in [0.25, 0.3) is 0 Å². The molecule has 0 saturated heterocycles. The van der Waals surface area contributed by atoms with Crippen molar-refractivity contribution in [1.82, 2.24) is 14.8 Å². The zero-order chi connectivity index (χ0) is 12.4. The summed E-state index contributed by atoms with van der Waals surface area (Å²) in [4.78, 5) is 4.11. The quantitative estimate of drug-likeness (QED) is 0.875. The van der Waals surface area contributed by atoms with Gasteiger partial charge in [-0.2, -0.15) is 5.10 Å². The number of rotatable bonds is 3. The lowest BCUT2D eigenvalue weighted by molar-refractivity contribution is 0.604. The Hall–Kier alpha value is -1.75. The number of aryl methyl sites for hydroxylation is 2. The van der Waals surface area contributed by atoms with Gasteiger partial charge >= 0.3 is 0 Å². The Morgan fingerprint density at radius 3 is 2.88 bits per heavy atom. The van der Waals surface area contributed by atoms with Crippen LogP contribution in [0, 0.1) is 12.7 Å². The topological polar surface area (TPSA) is 56.7 Å². The highest BCUT2D eigenvalue weighted by atomic mass is 19.1. The Kier molecular flexibility index (Phi) is 3.19. The molecule has 0 aliphatic heterocycles. The van der Waals surface area contributed by atoms with Crippen molar-refractivity contribution in [1.29, 1.82) is 0 Å². The van der Waals surface area contributed by atoms with E-state index in [9.17, 15) is 4.39 Å². The second-order valence-corrected chi connectivity index (χ2v) is 4.11. The third-order valence-electron chi connectivity index (χ3n) is 2.85. The maximum Gasteiger partial charge on any atom is 0.138 e. The summed E-state index contributed by atoms with van der Waals surface area (Å²) < 4.78 is 14.9. The highest BCUT2D eigenvalue weighted by molar-refractivity contribution is 5.29. The number of hydrogen-bond acceptors (Lipinski definition) is 3. The van der Waals surface area contributed by atoms with Gasteiger partial charge < -0.3 is 5.73 Å². The van der Waals surface area contributed by atoms with Crippen LogP contribution in [-0.4, -0.2) is 14.8 Å². The van der Waals surface area contributed by atoms with Gasteiger partial charge in [0.2, 0.25) is 0 Å². The summed E-state index contributed by atoms with van der Waals surface area (Å²) in [7, 11) is 1.81. The third-order valence-corrected chi connectivity index (χ3v) is 2.85. The molecule has 0 spiro atoms. The summed E-state index contributed by atoms with van der Waals surface area (Å²) in [6.07, 6.45) is 2.03. The van der Waals surface area contributed by atoms with Crippen LogP contribution in [0.25, 0.3) is 0 Å². The minimum Gasteiger partial charge on any atom is -0.324 e. The number of nitrogens with two attached hydrogens (primary N) is 1. The Balaban J connectivity index is 2.23. The summed E-state index contributed by atoms with van der Waals surface area (Å²) in [6, 6.07) is 4.39. The highest BCUT2D eigenvalue weighted by Gasteiger charge is 2.13. The molecule has 1 unspecified atom stereocenters. The van der Waals surface area contributed by atoms with Gasteiger partial charge in [0.05, 0.1) is 0 Å². The van der Waals surface area contributed by atoms with E-state index < -0.39 is 0 Å². The molecule has 2 aromatic rings. The van der Waals surface area contributed by atoms with Crippen molar-refractivity contribution in [2.45, 2.75) is 19.4 Å². The molecule has 1 heterocycles. The van der Waals surface area contributed by atoms with Gasteiger partial charge in [-0.15, -0.1) is 0 Å². The fourth-order valence-corrected chi connectivity index (χ4v) is 1.82. The Morgan fingerprint density at radius 2 is 2.24 bits per heavy atom. The number of hydrogen-bond donors (Lipinski definition) is 1. The molecule has 1 aromatic carbocycles. The molecule has 0 aliphatic carbocycles. The van der Waals surface area contributed by atoms with Gasteiger partial charge in [0.15, 0.2) is 0 Å². The second kappa shape index (κ2) is 4.63. The van der Waals surface area contributed by atoms with Crippen molar-refractivity contribution in [2.75, 3.05) is 0 Å². The average molecular weight is 234 g/mol. The smallest absolute Gasteiger partial charge is 0.138 e. The number of benzene rings is 1. The minimum atomic E-state index is -0.270. The van der Waals surface area contributed by atoms with Crippen LogP contribution in [0.5, 0.6) is 0 Å². The van der Waals surface area contributed by atoms with Crippen molar-refractivity contribution in [3.05, 3.63) is 47.3 Å². The molecule has 0 amide bonds. The SMILES string of the molecule is Cc1ccc(F)cc1C(N)Cc1ncnn1C. The molecular formula is C12H15FN4. The largest absolute Gasteiger partial charge is 0.324 e. The van der Waals surface area contributed by atoms with E-state index in [2.05, 4.69) is 10.1 Å². The molecule has 90 valence electrons. The van der Waals surface area contributed by atoms with Crippen LogP contribution in [0.2, 0.25) is 0 Å². The first-order chi connectivity index (χ1) is 8.08. The van der Waals surface area contributed by atoms with Crippen LogP contribution >= 0.6 is 0 Å². The van der Waals surface area contributed by atoms with E-state index in [-0.39, 0.29) is 11.9 Å². The highest BCUT2D eigenvalue weighted by Crippen LogP contribution is 2.19. The number of halogens is 1. The molecule has 1 aromatic heterocycles. The Bertz CT molecular complexity index is 521. The van der Waals surface area contributed by atoms with E-state index >= 15 is 0 Å². The van der Waals surface area contributed by atoms with Crippen LogP contribution in [-0.2, 0) is 13.5 Å². The summed E-state index contributed by atoms with van der Waals surface area (Å²) in [5.41, 5.74) is 7.88. The summed E-state index contributed by atoms with van der Waals surface area (Å²) in [5.74, 6) is 0.528. The van der Waals surface area contributed by atoms with Crippen molar-refractivity contribution < 1.29 is 4.39 Å². The van der Waals surface area contributed by atoms with Gasteiger partial charge in [-0.25, -0.2) is 9.37 Å². The van der Waals surface area contributed by atoms with Crippen LogP contribution in [0.4, 0.5) is 4.39 Å². The maximum absolute atomic E-state index is 13.2. The van der Waals surface area contributed by atoms with E-state index in [0.717, 1.165) is 17.0 Å². The number of aromatic nitrogens is 3. The first-order valence-electron chi connectivity index (χ1n) is 5.42. The van der Waals surface area contributed by atoms with E-state index in [4.69, 9.17) is 5.73 Å². The predicted octanol–water partition coefficient (Wildman–Crippen LogP) is 1.51. The van der Waals surface area contributed by atoms with Gasteiger partial charge in [-0.05, 0) is 30.2 Å². The molecule has 0 radical (unpaired) electrons. The fourth-order valence-electron chi connectivity index (χ4n) is 1.82. The summed E-state index contributed by atoms with van der Waals surface area (Å²) in [6.45, 7) is 1.92. The molecule has 0 saturated carbocycles. The Morgan fingerprint density at radius 1 is 1.47 bits per heavy atom. The van der Waals surface area contributed by atoms with E-state index in [1.54, 1.807) is 10.7 Å². The van der Waals surface area contributed by atoms with Crippen LogP contribution in [0.15, 0.2) is 24.5 Å². The van der Waals surface area contributed by atoms with Crippen molar-refractivity contribution >= 4 is 0 Å². The lowest BCUT2D eigenvalue weighted by atomic mass is 9.99. The second-order valence-electron chi connectivity index (χ2n) is 4.11. The molecule has 1 atom stereocenters. The summed E-state index contributed by atoms with van der Waals surface area (Å²) >= 11 is 0. The minimum absolute atomic E-state index is 0.265.